The minimum absolute atomic E-state index is 0.0345. The Morgan fingerprint density at radius 2 is 1.93 bits per heavy atom. The molecule has 1 N–H and O–H groups in total. The maximum absolute atomic E-state index is 12.7. The highest BCUT2D eigenvalue weighted by Gasteiger charge is 2.31. The molecule has 7 heteroatoms. The van der Waals surface area contributed by atoms with Crippen LogP contribution in [0.15, 0.2) is 47.9 Å². The highest BCUT2D eigenvalue weighted by atomic mass is 32.2. The number of hydrogen-bond donors (Lipinski definition) is 1. The predicted molar refractivity (Wildman–Crippen MR) is 111 cm³/mol. The number of anilines is 1. The molecule has 1 saturated carbocycles. The second-order valence-corrected chi connectivity index (χ2v) is 8.52. The van der Waals surface area contributed by atoms with Gasteiger partial charge in [0.05, 0.1) is 5.25 Å². The third-order valence-corrected chi connectivity index (χ3v) is 5.86. The lowest BCUT2D eigenvalue weighted by Gasteiger charge is -2.14. The van der Waals surface area contributed by atoms with Gasteiger partial charge in [-0.2, -0.15) is 0 Å². The number of pyridine rings is 1. The Balaban J connectivity index is 1.52. The zero-order chi connectivity index (χ0) is 19.7. The summed E-state index contributed by atoms with van der Waals surface area (Å²) in [4.78, 5) is 16.8. The van der Waals surface area contributed by atoms with Crippen molar-refractivity contribution >= 4 is 23.4 Å². The molecular formula is C21H23N5OS. The number of rotatable bonds is 6. The Hall–Kier alpha value is -2.67. The van der Waals surface area contributed by atoms with Crippen LogP contribution in [0, 0.1) is 13.8 Å². The Morgan fingerprint density at radius 3 is 2.61 bits per heavy atom. The van der Waals surface area contributed by atoms with Gasteiger partial charge in [-0.1, -0.05) is 29.5 Å². The van der Waals surface area contributed by atoms with Gasteiger partial charge in [0, 0.05) is 29.7 Å². The smallest absolute Gasteiger partial charge is 0.237 e. The molecule has 1 fully saturated rings. The van der Waals surface area contributed by atoms with Crippen molar-refractivity contribution in [1.29, 1.82) is 0 Å². The monoisotopic (exact) mass is 393 g/mol. The lowest BCUT2D eigenvalue weighted by atomic mass is 10.1. The molecule has 2 aromatic heterocycles. The first-order chi connectivity index (χ1) is 13.5. The van der Waals surface area contributed by atoms with Gasteiger partial charge in [0.1, 0.15) is 0 Å². The van der Waals surface area contributed by atoms with Crippen LogP contribution in [0.1, 0.15) is 36.9 Å². The van der Waals surface area contributed by atoms with Gasteiger partial charge in [-0.25, -0.2) is 0 Å². The molecule has 0 aliphatic heterocycles. The number of carbonyl (C=O) groups excluding carboxylic acids is 1. The Bertz CT molecular complexity index is 997. The summed E-state index contributed by atoms with van der Waals surface area (Å²) < 4.78 is 2.17. The van der Waals surface area contributed by atoms with E-state index in [1.165, 1.54) is 17.3 Å². The van der Waals surface area contributed by atoms with Crippen molar-refractivity contribution in [2.45, 2.75) is 50.1 Å². The van der Waals surface area contributed by atoms with Crippen LogP contribution in [-0.2, 0) is 4.79 Å². The molecule has 1 atom stereocenters. The molecule has 2 heterocycles. The SMILES string of the molecule is Cc1ccc(NC(=O)[C@H](C)Sc2nnc(-c3ccncc3)n2C2CC2)c(C)c1. The lowest BCUT2D eigenvalue weighted by molar-refractivity contribution is -0.115. The maximum atomic E-state index is 12.7. The van der Waals surface area contributed by atoms with Gasteiger partial charge >= 0.3 is 0 Å². The largest absolute Gasteiger partial charge is 0.325 e. The minimum Gasteiger partial charge on any atom is -0.325 e. The van der Waals surface area contributed by atoms with Gasteiger partial charge in [-0.15, -0.1) is 10.2 Å². The number of hydrogen-bond acceptors (Lipinski definition) is 5. The Kier molecular flexibility index (Phi) is 5.17. The van der Waals surface area contributed by atoms with E-state index in [1.807, 2.05) is 45.0 Å². The summed E-state index contributed by atoms with van der Waals surface area (Å²) in [6, 6.07) is 10.3. The molecule has 1 aromatic carbocycles. The van der Waals surface area contributed by atoms with Crippen molar-refractivity contribution < 1.29 is 4.79 Å². The molecule has 0 spiro atoms. The van der Waals surface area contributed by atoms with Gasteiger partial charge in [0.2, 0.25) is 5.91 Å². The Labute approximate surface area is 168 Å². The van der Waals surface area contributed by atoms with Gasteiger partial charge in [-0.05, 0) is 57.4 Å². The summed E-state index contributed by atoms with van der Waals surface area (Å²) >= 11 is 1.45. The molecule has 0 bridgehead atoms. The molecule has 6 nitrogen and oxygen atoms in total. The second-order valence-electron chi connectivity index (χ2n) is 7.21. The molecule has 0 radical (unpaired) electrons. The van der Waals surface area contributed by atoms with Gasteiger partial charge < -0.3 is 5.32 Å². The summed E-state index contributed by atoms with van der Waals surface area (Å²) in [5.74, 6) is 0.808. The minimum atomic E-state index is -0.285. The van der Waals surface area contributed by atoms with Gasteiger partial charge in [-0.3, -0.25) is 14.3 Å². The van der Waals surface area contributed by atoms with E-state index >= 15 is 0 Å². The number of thioether (sulfide) groups is 1. The molecule has 0 saturated heterocycles. The summed E-state index contributed by atoms with van der Waals surface area (Å²) in [6.45, 7) is 5.95. The van der Waals surface area contributed by atoms with Crippen LogP contribution in [-0.4, -0.2) is 30.9 Å². The van der Waals surface area contributed by atoms with E-state index in [1.54, 1.807) is 12.4 Å². The summed E-state index contributed by atoms with van der Waals surface area (Å²) in [6.07, 6.45) is 5.75. The second kappa shape index (κ2) is 7.75. The first-order valence-electron chi connectivity index (χ1n) is 9.43. The number of amides is 1. The molecule has 144 valence electrons. The first-order valence-corrected chi connectivity index (χ1v) is 10.3. The summed E-state index contributed by atoms with van der Waals surface area (Å²) in [5.41, 5.74) is 4.09. The maximum Gasteiger partial charge on any atom is 0.237 e. The van der Waals surface area contributed by atoms with E-state index in [0.29, 0.717) is 6.04 Å². The van der Waals surface area contributed by atoms with Crippen LogP contribution in [0.5, 0.6) is 0 Å². The molecule has 1 aliphatic carbocycles. The molecule has 1 aliphatic rings. The van der Waals surface area contributed by atoms with E-state index in [-0.39, 0.29) is 11.2 Å². The zero-order valence-electron chi connectivity index (χ0n) is 16.2. The number of aromatic nitrogens is 4. The van der Waals surface area contributed by atoms with E-state index in [4.69, 9.17) is 0 Å². The fourth-order valence-electron chi connectivity index (χ4n) is 3.12. The van der Waals surface area contributed by atoms with Crippen molar-refractivity contribution in [3.63, 3.8) is 0 Å². The molecule has 1 amide bonds. The fraction of sp³-hybridized carbons (Fsp3) is 0.333. The van der Waals surface area contributed by atoms with Crippen LogP contribution in [0.2, 0.25) is 0 Å². The summed E-state index contributed by atoms with van der Waals surface area (Å²) in [7, 11) is 0. The summed E-state index contributed by atoms with van der Waals surface area (Å²) in [5, 5.41) is 12.3. The topological polar surface area (TPSA) is 72.7 Å². The zero-order valence-corrected chi connectivity index (χ0v) is 17.0. The van der Waals surface area contributed by atoms with Crippen LogP contribution in [0.4, 0.5) is 5.69 Å². The number of nitrogens with zero attached hydrogens (tertiary/aromatic N) is 4. The predicted octanol–water partition coefficient (Wildman–Crippen LogP) is 4.41. The van der Waals surface area contributed by atoms with Crippen LogP contribution >= 0.6 is 11.8 Å². The number of nitrogens with one attached hydrogen (secondary N) is 1. The molecular weight excluding hydrogens is 370 g/mol. The van der Waals surface area contributed by atoms with Crippen molar-refractivity contribution in [2.75, 3.05) is 5.32 Å². The average Bonchev–Trinajstić information content (AvgIpc) is 3.44. The highest BCUT2D eigenvalue weighted by Crippen LogP contribution is 2.41. The molecule has 28 heavy (non-hydrogen) atoms. The van der Waals surface area contributed by atoms with E-state index in [0.717, 1.165) is 40.6 Å². The standard InChI is InChI=1S/C21H23N5OS/c1-13-4-7-18(14(2)12-13)23-20(27)15(3)28-21-25-24-19(26(21)17-5-6-17)16-8-10-22-11-9-16/h4,7-12,15,17H,5-6H2,1-3H3,(H,23,27)/t15-/m0/s1. The van der Waals surface area contributed by atoms with Crippen molar-refractivity contribution in [3.05, 3.63) is 53.9 Å². The van der Waals surface area contributed by atoms with Crippen LogP contribution in [0.25, 0.3) is 11.4 Å². The van der Waals surface area contributed by atoms with E-state index in [2.05, 4.69) is 31.1 Å². The molecule has 0 unspecified atom stereocenters. The molecule has 3 aromatic rings. The molecule has 4 rings (SSSR count). The number of aryl methyl sites for hydroxylation is 2. The average molecular weight is 394 g/mol. The number of benzene rings is 1. The third-order valence-electron chi connectivity index (χ3n) is 4.81. The normalized spacial score (nSPS) is 14.7. The van der Waals surface area contributed by atoms with Gasteiger partial charge in [0.25, 0.3) is 0 Å². The first kappa shape index (κ1) is 18.7. The lowest BCUT2D eigenvalue weighted by Crippen LogP contribution is -2.23. The van der Waals surface area contributed by atoms with Crippen molar-refractivity contribution in [1.82, 2.24) is 19.7 Å². The van der Waals surface area contributed by atoms with E-state index < -0.39 is 0 Å². The highest BCUT2D eigenvalue weighted by molar-refractivity contribution is 8.00. The van der Waals surface area contributed by atoms with Crippen molar-refractivity contribution in [2.24, 2.45) is 0 Å². The fourth-order valence-corrected chi connectivity index (χ4v) is 4.04. The third kappa shape index (κ3) is 3.94. The van der Waals surface area contributed by atoms with Gasteiger partial charge in [0.15, 0.2) is 11.0 Å². The number of carbonyl (C=O) groups is 1. The van der Waals surface area contributed by atoms with Crippen molar-refractivity contribution in [3.8, 4) is 11.4 Å². The quantitative estimate of drug-likeness (QED) is 0.628. The van der Waals surface area contributed by atoms with E-state index in [9.17, 15) is 4.79 Å². The van der Waals surface area contributed by atoms with Crippen LogP contribution < -0.4 is 5.32 Å². The Morgan fingerprint density at radius 1 is 1.18 bits per heavy atom. The van der Waals surface area contributed by atoms with Crippen LogP contribution in [0.3, 0.4) is 0 Å².